The van der Waals surface area contributed by atoms with E-state index >= 15 is 0 Å². The maximum atomic E-state index is 12.3. The molecule has 8 heteroatoms. The van der Waals surface area contributed by atoms with Crippen LogP contribution in [0.4, 0.5) is 0 Å². The number of benzene rings is 1. The Morgan fingerprint density at radius 2 is 1.91 bits per heavy atom. The number of hydrogen-bond acceptors (Lipinski definition) is 5. The Hall–Kier alpha value is -1.92. The predicted octanol–water partition coefficient (Wildman–Crippen LogP) is 2.01. The van der Waals surface area contributed by atoms with Crippen molar-refractivity contribution in [3.05, 3.63) is 40.9 Å². The molecule has 0 aliphatic rings. The highest BCUT2D eigenvalue weighted by Gasteiger charge is 2.25. The van der Waals surface area contributed by atoms with Gasteiger partial charge in [-0.25, -0.2) is 4.98 Å². The topological polar surface area (TPSA) is 78.3 Å². The number of aromatic nitrogens is 2. The van der Waals surface area contributed by atoms with E-state index in [0.717, 1.165) is 0 Å². The van der Waals surface area contributed by atoms with Crippen molar-refractivity contribution in [3.8, 4) is 0 Å². The number of halogens is 2. The van der Waals surface area contributed by atoms with Gasteiger partial charge in [0.2, 0.25) is 0 Å². The van der Waals surface area contributed by atoms with Gasteiger partial charge in [0.1, 0.15) is 11.7 Å². The molecule has 6 nitrogen and oxygen atoms in total. The molecule has 0 bridgehead atoms. The predicted molar refractivity (Wildman–Crippen MR) is 91.3 cm³/mol. The molecule has 0 aliphatic heterocycles. The van der Waals surface area contributed by atoms with Crippen molar-refractivity contribution in [1.29, 1.82) is 0 Å². The van der Waals surface area contributed by atoms with E-state index in [1.165, 1.54) is 17.8 Å². The minimum absolute atomic E-state index is 0. The maximum absolute atomic E-state index is 12.3. The molecule has 0 radical (unpaired) electrons. The van der Waals surface area contributed by atoms with E-state index < -0.39 is 11.9 Å². The summed E-state index contributed by atoms with van der Waals surface area (Å²) in [5.74, 6) is -1.95. The number of esters is 1. The van der Waals surface area contributed by atoms with E-state index in [2.05, 4.69) is 4.98 Å². The Labute approximate surface area is 145 Å². The molecule has 1 aromatic heterocycles. The number of nitrogens with zero attached hydrogens (tertiary/aromatic N) is 2. The summed E-state index contributed by atoms with van der Waals surface area (Å²) < 4.78 is 6.14. The van der Waals surface area contributed by atoms with Crippen molar-refractivity contribution >= 4 is 47.5 Å². The van der Waals surface area contributed by atoms with Gasteiger partial charge in [0.25, 0.3) is 5.56 Å². The second-order valence-electron chi connectivity index (χ2n) is 4.63. The summed E-state index contributed by atoms with van der Waals surface area (Å²) in [5.41, 5.74) is 0.297. The van der Waals surface area contributed by atoms with Crippen LogP contribution in [0.1, 0.15) is 13.8 Å². The molecular weight excluding hydrogens is 343 g/mol. The first-order valence-corrected chi connectivity index (χ1v) is 6.66. The van der Waals surface area contributed by atoms with Crippen LogP contribution in [0.3, 0.4) is 0 Å². The average Bonchev–Trinajstić information content (AvgIpc) is 2.46. The number of rotatable bonds is 5. The van der Waals surface area contributed by atoms with Gasteiger partial charge in [0.05, 0.1) is 23.8 Å². The Bertz CT molecular complexity index is 746. The van der Waals surface area contributed by atoms with Crippen LogP contribution in [0.15, 0.2) is 35.4 Å². The lowest BCUT2D eigenvalue weighted by atomic mass is 10.1. The number of hydrogen-bond donors (Lipinski definition) is 0. The van der Waals surface area contributed by atoms with Crippen LogP contribution in [0.5, 0.6) is 0 Å². The van der Waals surface area contributed by atoms with Gasteiger partial charge < -0.3 is 4.74 Å². The smallest absolute Gasteiger partial charge is 0.318 e. The normalized spacial score (nSPS) is 11.0. The second-order valence-corrected chi connectivity index (χ2v) is 4.63. The summed E-state index contributed by atoms with van der Waals surface area (Å²) in [4.78, 5) is 39.9. The average molecular weight is 361 g/mol. The zero-order valence-electron chi connectivity index (χ0n) is 12.7. The number of ketones is 1. The molecule has 1 heterocycles. The molecular formula is C15H18Cl2N2O4. The number of ether oxygens (including phenoxy) is 1. The summed E-state index contributed by atoms with van der Waals surface area (Å²) in [6, 6.07) is 6.92. The molecule has 0 amide bonds. The van der Waals surface area contributed by atoms with Gasteiger partial charge >= 0.3 is 5.97 Å². The first-order valence-electron chi connectivity index (χ1n) is 6.66. The van der Waals surface area contributed by atoms with Crippen LogP contribution in [0.2, 0.25) is 0 Å². The molecule has 0 fully saturated rings. The van der Waals surface area contributed by atoms with Crippen molar-refractivity contribution < 1.29 is 14.3 Å². The van der Waals surface area contributed by atoms with Gasteiger partial charge in [-0.05, 0) is 26.0 Å². The highest BCUT2D eigenvalue weighted by Crippen LogP contribution is 2.08. The third-order valence-corrected chi connectivity index (χ3v) is 3.17. The quantitative estimate of drug-likeness (QED) is 0.601. The fourth-order valence-corrected chi connectivity index (χ4v) is 2.04. The lowest BCUT2D eigenvalue weighted by molar-refractivity contribution is -0.151. The summed E-state index contributed by atoms with van der Waals surface area (Å²) in [6.07, 6.45) is 1.35. The van der Waals surface area contributed by atoms with E-state index in [-0.39, 0.29) is 49.3 Å². The zero-order valence-corrected chi connectivity index (χ0v) is 14.4. The summed E-state index contributed by atoms with van der Waals surface area (Å²) in [6.45, 7) is 3.10. The number of carbonyl (C=O) groups is 2. The van der Waals surface area contributed by atoms with Crippen LogP contribution >= 0.6 is 24.8 Å². The molecule has 0 spiro atoms. The largest absolute Gasteiger partial charge is 0.465 e. The van der Waals surface area contributed by atoms with Crippen molar-refractivity contribution in [2.24, 2.45) is 5.92 Å². The molecule has 1 aromatic carbocycles. The highest BCUT2D eigenvalue weighted by molar-refractivity contribution is 5.97. The number of carbonyl (C=O) groups excluding carboxylic acids is 2. The summed E-state index contributed by atoms with van der Waals surface area (Å²) in [7, 11) is 0. The lowest BCUT2D eigenvalue weighted by Crippen LogP contribution is -2.33. The SMILES string of the molecule is CCOC(=O)C(Cn1cnc2ccccc2c1=O)C(C)=O.Cl.Cl. The van der Waals surface area contributed by atoms with Gasteiger partial charge in [-0.3, -0.25) is 19.0 Å². The monoisotopic (exact) mass is 360 g/mol. The number of Topliss-reactive ketones (excluding diaryl/α,β-unsaturated/α-hetero) is 1. The standard InChI is InChI=1S/C15H16N2O4.2ClH/c1-3-21-15(20)12(10(2)18)8-17-9-16-13-7-5-4-6-11(13)14(17)19;;/h4-7,9,12H,3,8H2,1-2H3;2*1H. The fourth-order valence-electron chi connectivity index (χ4n) is 2.04. The summed E-state index contributed by atoms with van der Waals surface area (Å²) in [5, 5.41) is 0.450. The van der Waals surface area contributed by atoms with Gasteiger partial charge in [-0.1, -0.05) is 12.1 Å². The van der Waals surface area contributed by atoms with Crippen molar-refractivity contribution in [2.45, 2.75) is 20.4 Å². The molecule has 0 saturated carbocycles. The van der Waals surface area contributed by atoms with Gasteiger partial charge in [0, 0.05) is 6.54 Å². The molecule has 126 valence electrons. The Balaban J connectivity index is 0.00000242. The number of fused-ring (bicyclic) bond motifs is 1. The zero-order chi connectivity index (χ0) is 15.4. The van der Waals surface area contributed by atoms with Crippen LogP contribution < -0.4 is 5.56 Å². The molecule has 0 N–H and O–H groups in total. The third-order valence-electron chi connectivity index (χ3n) is 3.17. The van der Waals surface area contributed by atoms with Crippen molar-refractivity contribution in [2.75, 3.05) is 6.61 Å². The van der Waals surface area contributed by atoms with Gasteiger partial charge in [-0.15, -0.1) is 24.8 Å². The van der Waals surface area contributed by atoms with Crippen molar-refractivity contribution in [1.82, 2.24) is 9.55 Å². The highest BCUT2D eigenvalue weighted by atomic mass is 35.5. The van der Waals surface area contributed by atoms with E-state index in [1.54, 1.807) is 31.2 Å². The van der Waals surface area contributed by atoms with Gasteiger partial charge in [0.15, 0.2) is 0 Å². The van der Waals surface area contributed by atoms with Crippen LogP contribution in [0.25, 0.3) is 10.9 Å². The van der Waals surface area contributed by atoms with E-state index in [0.29, 0.717) is 10.9 Å². The third kappa shape index (κ3) is 4.77. The summed E-state index contributed by atoms with van der Waals surface area (Å²) >= 11 is 0. The number of para-hydroxylation sites is 1. The molecule has 1 unspecified atom stereocenters. The first kappa shape index (κ1) is 21.1. The Morgan fingerprint density at radius 1 is 1.26 bits per heavy atom. The molecule has 1 atom stereocenters. The fraction of sp³-hybridized carbons (Fsp3) is 0.333. The van der Waals surface area contributed by atoms with Crippen LogP contribution in [0, 0.1) is 5.92 Å². The van der Waals surface area contributed by atoms with E-state index in [4.69, 9.17) is 4.74 Å². The molecule has 2 aromatic rings. The van der Waals surface area contributed by atoms with Crippen LogP contribution in [-0.4, -0.2) is 27.9 Å². The maximum Gasteiger partial charge on any atom is 0.318 e. The molecule has 23 heavy (non-hydrogen) atoms. The molecule has 0 saturated heterocycles. The minimum Gasteiger partial charge on any atom is -0.465 e. The van der Waals surface area contributed by atoms with Gasteiger partial charge in [-0.2, -0.15) is 0 Å². The molecule has 2 rings (SSSR count). The van der Waals surface area contributed by atoms with Crippen LogP contribution in [-0.2, 0) is 20.9 Å². The Kier molecular flexibility index (Phi) is 8.50. The van der Waals surface area contributed by atoms with Crippen molar-refractivity contribution in [3.63, 3.8) is 0 Å². The van der Waals surface area contributed by atoms with E-state index in [1.807, 2.05) is 0 Å². The molecule has 0 aliphatic carbocycles. The van der Waals surface area contributed by atoms with E-state index in [9.17, 15) is 14.4 Å². The Morgan fingerprint density at radius 3 is 2.52 bits per heavy atom. The minimum atomic E-state index is -0.995. The first-order chi connectivity index (χ1) is 10.0. The second kappa shape index (κ2) is 9.27. The lowest BCUT2D eigenvalue weighted by Gasteiger charge is -2.14.